The van der Waals surface area contributed by atoms with E-state index < -0.39 is 0 Å². The van der Waals surface area contributed by atoms with Gasteiger partial charge in [-0.3, -0.25) is 9.69 Å². The lowest BCUT2D eigenvalue weighted by atomic mass is 9.78. The van der Waals surface area contributed by atoms with Crippen LogP contribution < -0.4 is 0 Å². The van der Waals surface area contributed by atoms with Crippen LogP contribution in [0.5, 0.6) is 0 Å². The molecule has 0 aliphatic carbocycles. The number of carbonyl (C=O) groups is 1. The Balaban J connectivity index is 1.73. The van der Waals surface area contributed by atoms with Crippen LogP contribution in [0.3, 0.4) is 0 Å². The van der Waals surface area contributed by atoms with Gasteiger partial charge in [0.15, 0.2) is 0 Å². The maximum Gasteiger partial charge on any atom is 0.244 e. The summed E-state index contributed by atoms with van der Waals surface area (Å²) in [5.41, 5.74) is 2.70. The van der Waals surface area contributed by atoms with E-state index in [0.717, 1.165) is 31.7 Å². The molecule has 1 amide bonds. The van der Waals surface area contributed by atoms with Crippen molar-refractivity contribution in [3.8, 4) is 0 Å². The first-order chi connectivity index (χ1) is 11.4. The number of hydrogen-bond acceptors (Lipinski definition) is 3. The third-order valence-electron chi connectivity index (χ3n) is 5.94. The standard InChI is InChI=1S/C20H31N3O/c1-16-5-7-17(8-6-16)18(21(2)3)19(24)23-14-11-20(15-23)9-12-22(4)13-10-20/h5-8,18H,9-15H2,1-4H3. The Hall–Kier alpha value is -1.39. The van der Waals surface area contributed by atoms with E-state index in [1.807, 2.05) is 19.0 Å². The predicted molar refractivity (Wildman–Crippen MR) is 98.0 cm³/mol. The molecule has 2 heterocycles. The van der Waals surface area contributed by atoms with Gasteiger partial charge in [-0.2, -0.15) is 0 Å². The van der Waals surface area contributed by atoms with Gasteiger partial charge in [0.2, 0.25) is 5.91 Å². The van der Waals surface area contributed by atoms with Crippen LogP contribution >= 0.6 is 0 Å². The lowest BCUT2D eigenvalue weighted by molar-refractivity contribution is -0.135. The number of piperidine rings is 1. The third-order valence-corrected chi connectivity index (χ3v) is 5.94. The fourth-order valence-electron chi connectivity index (χ4n) is 4.21. The van der Waals surface area contributed by atoms with E-state index in [2.05, 4.69) is 48.0 Å². The summed E-state index contributed by atoms with van der Waals surface area (Å²) in [6.45, 7) is 6.27. The van der Waals surface area contributed by atoms with Crippen molar-refractivity contribution in [2.75, 3.05) is 47.3 Å². The van der Waals surface area contributed by atoms with Gasteiger partial charge < -0.3 is 9.80 Å². The summed E-state index contributed by atoms with van der Waals surface area (Å²) in [6, 6.07) is 8.22. The first-order valence-corrected chi connectivity index (χ1v) is 9.11. The van der Waals surface area contributed by atoms with Gasteiger partial charge in [-0.05, 0) is 71.4 Å². The minimum Gasteiger partial charge on any atom is -0.340 e. The Morgan fingerprint density at radius 2 is 1.67 bits per heavy atom. The van der Waals surface area contributed by atoms with Crippen LogP contribution in [-0.2, 0) is 4.79 Å². The van der Waals surface area contributed by atoms with Crippen LogP contribution in [0, 0.1) is 12.3 Å². The zero-order chi connectivity index (χ0) is 17.3. The quantitative estimate of drug-likeness (QED) is 0.853. The Kier molecular flexibility index (Phi) is 4.97. The van der Waals surface area contributed by atoms with E-state index in [1.165, 1.54) is 24.8 Å². The molecule has 0 saturated carbocycles. The fourth-order valence-corrected chi connectivity index (χ4v) is 4.21. The van der Waals surface area contributed by atoms with Gasteiger partial charge in [0.05, 0.1) is 0 Å². The van der Waals surface area contributed by atoms with Gasteiger partial charge in [-0.1, -0.05) is 29.8 Å². The topological polar surface area (TPSA) is 26.8 Å². The highest BCUT2D eigenvalue weighted by atomic mass is 16.2. The zero-order valence-corrected chi connectivity index (χ0v) is 15.6. The van der Waals surface area contributed by atoms with Gasteiger partial charge in [0.1, 0.15) is 6.04 Å². The van der Waals surface area contributed by atoms with Crippen LogP contribution in [0.15, 0.2) is 24.3 Å². The van der Waals surface area contributed by atoms with Crippen molar-refractivity contribution >= 4 is 5.91 Å². The number of amides is 1. The SMILES string of the molecule is Cc1ccc(C(C(=O)N2CCC3(CCN(C)CC3)C2)N(C)C)cc1. The van der Waals surface area contributed by atoms with E-state index in [9.17, 15) is 4.79 Å². The molecular weight excluding hydrogens is 298 g/mol. The van der Waals surface area contributed by atoms with E-state index in [0.29, 0.717) is 5.41 Å². The summed E-state index contributed by atoms with van der Waals surface area (Å²) in [5, 5.41) is 0. The molecule has 132 valence electrons. The monoisotopic (exact) mass is 329 g/mol. The first-order valence-electron chi connectivity index (χ1n) is 9.11. The number of carbonyl (C=O) groups excluding carboxylic acids is 1. The van der Waals surface area contributed by atoms with Crippen LogP contribution in [0.4, 0.5) is 0 Å². The van der Waals surface area contributed by atoms with Crippen molar-refractivity contribution < 1.29 is 4.79 Å². The molecule has 0 aromatic heterocycles. The van der Waals surface area contributed by atoms with Crippen molar-refractivity contribution in [2.45, 2.75) is 32.2 Å². The minimum absolute atomic E-state index is 0.174. The highest BCUT2D eigenvalue weighted by molar-refractivity contribution is 5.83. The lowest BCUT2D eigenvalue weighted by Gasteiger charge is -2.38. The average Bonchev–Trinajstić information content (AvgIpc) is 2.96. The number of rotatable bonds is 3. The van der Waals surface area contributed by atoms with E-state index in [1.54, 1.807) is 0 Å². The minimum atomic E-state index is -0.174. The van der Waals surface area contributed by atoms with Crippen molar-refractivity contribution in [2.24, 2.45) is 5.41 Å². The lowest BCUT2D eigenvalue weighted by Crippen LogP contribution is -2.43. The average molecular weight is 329 g/mol. The second-order valence-electron chi connectivity index (χ2n) is 8.09. The second kappa shape index (κ2) is 6.85. The number of aryl methyl sites for hydroxylation is 1. The summed E-state index contributed by atoms with van der Waals surface area (Å²) in [6.07, 6.45) is 3.62. The molecule has 2 saturated heterocycles. The summed E-state index contributed by atoms with van der Waals surface area (Å²) >= 11 is 0. The Labute approximate surface area is 146 Å². The number of nitrogens with zero attached hydrogens (tertiary/aromatic N) is 3. The Morgan fingerprint density at radius 3 is 2.25 bits per heavy atom. The molecule has 3 rings (SSSR count). The molecule has 2 fully saturated rings. The van der Waals surface area contributed by atoms with Crippen LogP contribution in [0.25, 0.3) is 0 Å². The summed E-state index contributed by atoms with van der Waals surface area (Å²) < 4.78 is 0. The fraction of sp³-hybridized carbons (Fsp3) is 0.650. The van der Waals surface area contributed by atoms with Crippen molar-refractivity contribution in [3.63, 3.8) is 0 Å². The Bertz CT molecular complexity index is 573. The highest BCUT2D eigenvalue weighted by Crippen LogP contribution is 2.41. The zero-order valence-electron chi connectivity index (χ0n) is 15.6. The number of hydrogen-bond donors (Lipinski definition) is 0. The molecule has 1 aromatic rings. The molecule has 2 aliphatic heterocycles. The van der Waals surface area contributed by atoms with Crippen molar-refractivity contribution in [1.29, 1.82) is 0 Å². The molecule has 1 aromatic carbocycles. The maximum atomic E-state index is 13.2. The van der Waals surface area contributed by atoms with Crippen molar-refractivity contribution in [1.82, 2.24) is 14.7 Å². The molecule has 0 radical (unpaired) electrons. The molecule has 1 atom stereocenters. The van der Waals surface area contributed by atoms with Gasteiger partial charge in [0, 0.05) is 13.1 Å². The molecule has 4 heteroatoms. The Morgan fingerprint density at radius 1 is 1.08 bits per heavy atom. The third kappa shape index (κ3) is 3.50. The van der Waals surface area contributed by atoms with E-state index >= 15 is 0 Å². The molecular formula is C20H31N3O. The van der Waals surface area contributed by atoms with Gasteiger partial charge in [-0.15, -0.1) is 0 Å². The van der Waals surface area contributed by atoms with E-state index in [4.69, 9.17) is 0 Å². The number of likely N-dealkylation sites (tertiary alicyclic amines) is 2. The molecule has 0 N–H and O–H groups in total. The first kappa shape index (κ1) is 17.4. The highest BCUT2D eigenvalue weighted by Gasteiger charge is 2.43. The summed E-state index contributed by atoms with van der Waals surface area (Å²) in [4.78, 5) is 19.8. The number of benzene rings is 1. The van der Waals surface area contributed by atoms with Gasteiger partial charge >= 0.3 is 0 Å². The number of likely N-dealkylation sites (N-methyl/N-ethyl adjacent to an activating group) is 1. The van der Waals surface area contributed by atoms with Gasteiger partial charge in [0.25, 0.3) is 0 Å². The second-order valence-corrected chi connectivity index (χ2v) is 8.09. The molecule has 24 heavy (non-hydrogen) atoms. The molecule has 1 unspecified atom stereocenters. The van der Waals surface area contributed by atoms with Crippen LogP contribution in [0.2, 0.25) is 0 Å². The largest absolute Gasteiger partial charge is 0.340 e. The molecule has 0 bridgehead atoms. The van der Waals surface area contributed by atoms with Gasteiger partial charge in [-0.25, -0.2) is 0 Å². The molecule has 4 nitrogen and oxygen atoms in total. The predicted octanol–water partition coefficient (Wildman–Crippen LogP) is 2.54. The smallest absolute Gasteiger partial charge is 0.244 e. The van der Waals surface area contributed by atoms with Crippen molar-refractivity contribution in [3.05, 3.63) is 35.4 Å². The summed E-state index contributed by atoms with van der Waals surface area (Å²) in [5.74, 6) is 0.264. The molecule has 2 aliphatic rings. The summed E-state index contributed by atoms with van der Waals surface area (Å²) in [7, 11) is 6.21. The van der Waals surface area contributed by atoms with Crippen LogP contribution in [0.1, 0.15) is 36.4 Å². The van der Waals surface area contributed by atoms with E-state index in [-0.39, 0.29) is 11.9 Å². The maximum absolute atomic E-state index is 13.2. The molecule has 1 spiro atoms. The van der Waals surface area contributed by atoms with Crippen LogP contribution in [-0.4, -0.2) is 67.9 Å². The normalized spacial score (nSPS) is 22.3.